The van der Waals surface area contributed by atoms with Gasteiger partial charge in [-0.2, -0.15) is 15.3 Å². The van der Waals surface area contributed by atoms with Crippen molar-refractivity contribution in [3.8, 4) is 34.3 Å². The number of hydrogen-bond donors (Lipinski definition) is 8. The van der Waals surface area contributed by atoms with Gasteiger partial charge in [-0.3, -0.25) is 19.2 Å². The highest BCUT2D eigenvalue weighted by atomic mass is 19.1. The number of methoxy groups -OCH3 is 3. The summed E-state index contributed by atoms with van der Waals surface area (Å²) in [4.78, 5) is 118. The van der Waals surface area contributed by atoms with Crippen LogP contribution in [0, 0.1) is 17.5 Å². The SMILES string of the molecule is CCOC(=O)c1c(N)c(C2CCN(C(=O)OC(C)(C)C)CC2)nn1-c1ccc(CNC(=O)c2cc(F)ccc2OC)cc1.COc1ccc(F)cc1C(=O)NCc1ccc(-n2nc(C3CCN(C(=O)OC(C)(C)C)CC3)c(N)c2C(=O)O)cc1.COc1ccc(F)cc1C(=O)NCc1ccc(-n2nc(C3CCN(C(=O)OC(C)(C)C)CC3)c(N)c2C(N)=O)cc1. The zero-order valence-electron chi connectivity index (χ0n) is 72.1. The number of carbonyl (C=O) groups excluding carboxylic acids is 8. The number of carbonyl (C=O) groups is 9. The van der Waals surface area contributed by atoms with E-state index in [1.54, 1.807) is 94.4 Å². The van der Waals surface area contributed by atoms with Crippen molar-refractivity contribution in [3.63, 3.8) is 0 Å². The minimum Gasteiger partial charge on any atom is -0.496 e. The fourth-order valence-corrected chi connectivity index (χ4v) is 14.3. The lowest BCUT2D eigenvalue weighted by molar-refractivity contribution is 0.0193. The lowest BCUT2D eigenvalue weighted by Crippen LogP contribution is -2.41. The number of primary amides is 1. The Morgan fingerprint density at radius 3 is 0.936 bits per heavy atom. The van der Waals surface area contributed by atoms with Crippen LogP contribution in [0.25, 0.3) is 17.1 Å². The van der Waals surface area contributed by atoms with Crippen LogP contribution in [0.5, 0.6) is 17.2 Å². The third kappa shape index (κ3) is 23.9. The third-order valence-corrected chi connectivity index (χ3v) is 20.5. The van der Waals surface area contributed by atoms with Crippen molar-refractivity contribution >= 4 is 70.9 Å². The number of aromatic carboxylic acids is 1. The molecule has 6 heterocycles. The van der Waals surface area contributed by atoms with Crippen molar-refractivity contribution in [1.29, 1.82) is 0 Å². The van der Waals surface area contributed by atoms with Gasteiger partial charge in [-0.05, 0) is 215 Å². The molecule has 0 bridgehead atoms. The Morgan fingerprint density at radius 1 is 0.416 bits per heavy atom. The molecule has 12 N–H and O–H groups in total. The number of nitrogens with two attached hydrogens (primary N) is 4. The highest BCUT2D eigenvalue weighted by Gasteiger charge is 2.37. The van der Waals surface area contributed by atoms with Gasteiger partial charge in [-0.15, -0.1) is 0 Å². The molecule has 666 valence electrons. The van der Waals surface area contributed by atoms with E-state index in [-0.39, 0.29) is 130 Å². The van der Waals surface area contributed by atoms with Crippen molar-refractivity contribution < 1.29 is 94.6 Å². The van der Waals surface area contributed by atoms with Gasteiger partial charge < -0.3 is 91.8 Å². The normalized spacial score (nSPS) is 14.0. The number of ether oxygens (including phenoxy) is 7. The van der Waals surface area contributed by atoms with Crippen molar-refractivity contribution in [2.75, 3.05) is 84.4 Å². The minimum absolute atomic E-state index is 0.0672. The summed E-state index contributed by atoms with van der Waals surface area (Å²) in [5.74, 6) is -5.10. The van der Waals surface area contributed by atoms with Gasteiger partial charge in [0.1, 0.15) is 51.5 Å². The number of hydrogen-bond acceptors (Lipinski definition) is 22. The maximum absolute atomic E-state index is 13.7. The molecule has 3 aliphatic rings. The van der Waals surface area contributed by atoms with E-state index in [1.165, 1.54) is 71.8 Å². The van der Waals surface area contributed by atoms with Crippen molar-refractivity contribution in [1.82, 2.24) is 60.0 Å². The van der Waals surface area contributed by atoms with Crippen LogP contribution >= 0.6 is 0 Å². The zero-order chi connectivity index (χ0) is 91.1. The first kappa shape index (κ1) is 93.4. The fraction of sp³-hybridized carbons (Fsp3) is 0.393. The Bertz CT molecular complexity index is 5180. The molecule has 0 atom stereocenters. The molecule has 9 aromatic rings. The molecule has 125 heavy (non-hydrogen) atoms. The number of benzene rings is 6. The van der Waals surface area contributed by atoms with Gasteiger partial charge >= 0.3 is 30.2 Å². The molecule has 0 radical (unpaired) electrons. The van der Waals surface area contributed by atoms with E-state index >= 15 is 0 Å². The number of halogens is 3. The molecule has 7 amide bonds. The number of rotatable bonds is 22. The van der Waals surface area contributed by atoms with Crippen LogP contribution in [0.3, 0.4) is 0 Å². The highest BCUT2D eigenvalue weighted by Crippen LogP contribution is 2.39. The molecule has 3 aromatic heterocycles. The highest BCUT2D eigenvalue weighted by molar-refractivity contribution is 6.00. The summed E-state index contributed by atoms with van der Waals surface area (Å²) in [6.07, 6.45) is 2.45. The Labute approximate surface area is 721 Å². The number of esters is 1. The number of nitrogens with one attached hydrogen (secondary N) is 3. The van der Waals surface area contributed by atoms with Crippen LogP contribution in [0.1, 0.15) is 222 Å². The molecule has 36 heteroatoms. The lowest BCUT2D eigenvalue weighted by atomic mass is 9.92. The van der Waals surface area contributed by atoms with E-state index in [2.05, 4.69) is 26.1 Å². The standard InChI is InChI=1S/C31H38FN5O6.C29H35FN6O5.C29H34FN5O6/c1-6-42-29(39)27-25(33)26(20-13-15-36(16-14-20)30(40)43-31(2,3)4)35-37(27)22-10-7-19(8-11-22)18-34-28(38)23-17-21(32)9-12-24(23)41-5;1-29(2,3)41-28(39)35-13-11-18(12-14-35)24-23(31)25(26(32)37)36(34-24)20-8-5-17(6-9-20)16-33-27(38)21-15-19(30)7-10-22(21)40-4;1-29(2,3)41-28(39)34-13-11-18(12-14-34)24-23(31)25(27(37)38)35(33-24)20-8-5-17(6-9-20)16-32-26(36)21-15-19(30)7-10-22(21)40-4/h7-12,17,20H,6,13-16,18,33H2,1-5H3,(H,34,38);5-10,15,18H,11-14,16,31H2,1-4H3,(H2,32,37)(H,33,38);5-10,15,18H,11-14,16,31H2,1-4H3,(H,32,36)(H,37,38). The summed E-state index contributed by atoms with van der Waals surface area (Å²) in [5, 5.41) is 32.1. The molecular weight excluding hydrogens is 1620 g/mol. The lowest BCUT2D eigenvalue weighted by Gasteiger charge is -2.33. The number of amides is 7. The van der Waals surface area contributed by atoms with E-state index in [0.29, 0.717) is 112 Å². The van der Waals surface area contributed by atoms with Crippen molar-refractivity contribution in [2.45, 2.75) is 162 Å². The molecule has 3 saturated heterocycles. The number of nitrogens with zero attached hydrogens (tertiary/aromatic N) is 9. The summed E-state index contributed by atoms with van der Waals surface area (Å²) in [5.41, 5.74) is 29.5. The molecule has 0 aliphatic carbocycles. The molecule has 0 unspecified atom stereocenters. The second-order valence-corrected chi connectivity index (χ2v) is 32.9. The Hall–Kier alpha value is -13.8. The second kappa shape index (κ2) is 40.4. The average Bonchev–Trinajstić information content (AvgIpc) is 1.64. The number of carboxylic acid groups (broad SMARTS) is 1. The van der Waals surface area contributed by atoms with Gasteiger partial charge in [0.25, 0.3) is 23.6 Å². The average molecular weight is 1730 g/mol. The van der Waals surface area contributed by atoms with Gasteiger partial charge in [0.15, 0.2) is 17.1 Å². The first-order valence-electron chi connectivity index (χ1n) is 40.6. The number of piperidine rings is 3. The second-order valence-electron chi connectivity index (χ2n) is 32.9. The van der Waals surface area contributed by atoms with Gasteiger partial charge in [0.05, 0.1) is 95.8 Å². The number of likely N-dealkylation sites (tertiary alicyclic amines) is 3. The minimum atomic E-state index is -1.21. The number of anilines is 3. The third-order valence-electron chi connectivity index (χ3n) is 20.5. The van der Waals surface area contributed by atoms with Crippen LogP contribution < -0.4 is 53.1 Å². The monoisotopic (exact) mass is 1730 g/mol. The summed E-state index contributed by atoms with van der Waals surface area (Å²) in [6, 6.07) is 32.0. The van der Waals surface area contributed by atoms with E-state index in [9.17, 15) is 61.4 Å². The van der Waals surface area contributed by atoms with Gasteiger partial charge in [0.2, 0.25) is 0 Å². The summed E-state index contributed by atoms with van der Waals surface area (Å²) >= 11 is 0. The van der Waals surface area contributed by atoms with Crippen LogP contribution in [0.15, 0.2) is 127 Å². The van der Waals surface area contributed by atoms with Crippen LogP contribution in [-0.2, 0) is 38.6 Å². The predicted octanol–water partition coefficient (Wildman–Crippen LogP) is 12.9. The molecule has 0 spiro atoms. The molecule has 33 nitrogen and oxygen atoms in total. The molecule has 0 saturated carbocycles. The first-order chi connectivity index (χ1) is 59.2. The molecular formula is C89H107F3N16O17. The van der Waals surface area contributed by atoms with Crippen LogP contribution in [0.2, 0.25) is 0 Å². The smallest absolute Gasteiger partial charge is 0.410 e. The summed E-state index contributed by atoms with van der Waals surface area (Å²) < 4.78 is 82.3. The topological polar surface area (TPSA) is 442 Å². The van der Waals surface area contributed by atoms with Gasteiger partial charge in [-0.1, -0.05) is 36.4 Å². The first-order valence-corrected chi connectivity index (χ1v) is 40.6. The number of aromatic nitrogens is 6. The Balaban J connectivity index is 0.000000196. The zero-order valence-corrected chi connectivity index (χ0v) is 72.1. The van der Waals surface area contributed by atoms with Crippen LogP contribution in [0.4, 0.5) is 44.6 Å². The van der Waals surface area contributed by atoms with Crippen molar-refractivity contribution in [2.24, 2.45) is 5.73 Å². The molecule has 3 fully saturated rings. The van der Waals surface area contributed by atoms with E-state index < -0.39 is 69.8 Å². The fourth-order valence-electron chi connectivity index (χ4n) is 14.3. The maximum atomic E-state index is 13.7. The number of carboxylic acids is 1. The maximum Gasteiger partial charge on any atom is 0.410 e. The number of nitrogen functional groups attached to an aromatic ring is 3. The predicted molar refractivity (Wildman–Crippen MR) is 457 cm³/mol. The Kier molecular flexibility index (Phi) is 30.2. The summed E-state index contributed by atoms with van der Waals surface area (Å²) in [7, 11) is 4.21. The Morgan fingerprint density at radius 2 is 0.680 bits per heavy atom. The molecule has 12 rings (SSSR count). The largest absolute Gasteiger partial charge is 0.496 e. The van der Waals surface area contributed by atoms with E-state index in [0.717, 1.165) is 34.9 Å². The molecule has 3 aliphatic heterocycles. The van der Waals surface area contributed by atoms with E-state index in [1.807, 2.05) is 62.3 Å². The van der Waals surface area contributed by atoms with Gasteiger partial charge in [-0.25, -0.2) is 51.2 Å². The quantitative estimate of drug-likeness (QED) is 0.0231. The summed E-state index contributed by atoms with van der Waals surface area (Å²) in [6.45, 7) is 21.5. The van der Waals surface area contributed by atoms with Crippen LogP contribution in [-0.4, -0.2) is 187 Å². The molecule has 6 aromatic carbocycles. The van der Waals surface area contributed by atoms with E-state index in [4.69, 9.17) is 61.2 Å². The van der Waals surface area contributed by atoms with Crippen molar-refractivity contribution in [3.05, 3.63) is 212 Å². The van der Waals surface area contributed by atoms with Gasteiger partial charge in [0, 0.05) is 76.7 Å².